The summed E-state index contributed by atoms with van der Waals surface area (Å²) in [7, 11) is 0. The molecule has 110 valence electrons. The number of carbonyl (C=O) groups excluding carboxylic acids is 1. The minimum atomic E-state index is -0.973. The highest BCUT2D eigenvalue weighted by Gasteiger charge is 2.38. The molecule has 0 saturated carbocycles. The minimum Gasteiger partial charge on any atom is -0.388 e. The van der Waals surface area contributed by atoms with Crippen molar-refractivity contribution in [1.29, 1.82) is 0 Å². The quantitative estimate of drug-likeness (QED) is 0.881. The number of nitrogens with zero attached hydrogens (tertiary/aromatic N) is 1. The Balaban J connectivity index is 2.14. The molecule has 0 aliphatic carbocycles. The number of urea groups is 1. The minimum absolute atomic E-state index is 0.234. The lowest BCUT2D eigenvalue weighted by Gasteiger charge is -2.33. The predicted molar refractivity (Wildman–Crippen MR) is 76.5 cm³/mol. The summed E-state index contributed by atoms with van der Waals surface area (Å²) in [6.45, 7) is 3.92. The van der Waals surface area contributed by atoms with E-state index in [-0.39, 0.29) is 22.8 Å². The van der Waals surface area contributed by atoms with Crippen molar-refractivity contribution in [2.24, 2.45) is 0 Å². The third-order valence-electron chi connectivity index (χ3n) is 3.50. The zero-order valence-electron chi connectivity index (χ0n) is 11.5. The lowest BCUT2D eigenvalue weighted by molar-refractivity contribution is 0.0117. The topological polar surface area (TPSA) is 52.6 Å². The Kier molecular flexibility index (Phi) is 4.20. The van der Waals surface area contributed by atoms with Crippen molar-refractivity contribution in [1.82, 2.24) is 4.90 Å². The number of amides is 2. The number of likely N-dealkylation sites (tertiary alicyclic amines) is 1. The van der Waals surface area contributed by atoms with Gasteiger partial charge in [-0.3, -0.25) is 0 Å². The Bertz CT molecular complexity index is 516. The van der Waals surface area contributed by atoms with Gasteiger partial charge in [0.25, 0.3) is 0 Å². The average molecular weight is 301 g/mol. The number of nitrogens with one attached hydrogen (secondary N) is 1. The standard InChI is InChI=1S/C14H18ClFN2O2/c1-14(2,20)12-4-3-7-18(12)13(19)17-11-8-9(16)5-6-10(11)15/h5-6,8,12,20H,3-4,7H2,1-2H3,(H,17,19). The summed E-state index contributed by atoms with van der Waals surface area (Å²) < 4.78 is 13.2. The SMILES string of the molecule is CC(C)(O)C1CCCN1C(=O)Nc1cc(F)ccc1Cl. The Morgan fingerprint density at radius 2 is 2.25 bits per heavy atom. The van der Waals surface area contributed by atoms with E-state index < -0.39 is 11.4 Å². The maximum Gasteiger partial charge on any atom is 0.322 e. The summed E-state index contributed by atoms with van der Waals surface area (Å²) in [6, 6.07) is 3.17. The summed E-state index contributed by atoms with van der Waals surface area (Å²) in [6.07, 6.45) is 1.58. The van der Waals surface area contributed by atoms with Gasteiger partial charge in [0.05, 0.1) is 22.4 Å². The molecule has 2 rings (SSSR count). The number of halogens is 2. The molecule has 1 aromatic rings. The van der Waals surface area contributed by atoms with Crippen LogP contribution in [0.15, 0.2) is 18.2 Å². The summed E-state index contributed by atoms with van der Waals surface area (Å²) >= 11 is 5.92. The fraction of sp³-hybridized carbons (Fsp3) is 0.500. The first kappa shape index (κ1) is 15.1. The summed E-state index contributed by atoms with van der Waals surface area (Å²) in [5.41, 5.74) is -0.738. The molecule has 2 amide bonds. The molecule has 4 nitrogen and oxygen atoms in total. The maximum absolute atomic E-state index is 13.2. The van der Waals surface area contributed by atoms with Crippen molar-refractivity contribution >= 4 is 23.3 Å². The largest absolute Gasteiger partial charge is 0.388 e. The molecule has 0 radical (unpaired) electrons. The zero-order valence-corrected chi connectivity index (χ0v) is 12.2. The van der Waals surface area contributed by atoms with Crippen molar-refractivity contribution < 1.29 is 14.3 Å². The number of aliphatic hydroxyl groups is 1. The number of rotatable bonds is 2. The van der Waals surface area contributed by atoms with Crippen LogP contribution in [0, 0.1) is 5.82 Å². The first-order valence-electron chi connectivity index (χ1n) is 6.54. The van der Waals surface area contributed by atoms with E-state index in [4.69, 9.17) is 11.6 Å². The van der Waals surface area contributed by atoms with Crippen LogP contribution in [0.3, 0.4) is 0 Å². The molecule has 1 fully saturated rings. The van der Waals surface area contributed by atoms with Crippen molar-refractivity contribution in [2.75, 3.05) is 11.9 Å². The molecule has 20 heavy (non-hydrogen) atoms. The Morgan fingerprint density at radius 3 is 2.90 bits per heavy atom. The van der Waals surface area contributed by atoms with E-state index >= 15 is 0 Å². The molecule has 0 spiro atoms. The van der Waals surface area contributed by atoms with Crippen LogP contribution in [-0.2, 0) is 0 Å². The second-order valence-corrected chi connectivity index (χ2v) is 5.97. The van der Waals surface area contributed by atoms with E-state index in [1.807, 2.05) is 0 Å². The van der Waals surface area contributed by atoms with Gasteiger partial charge in [0.1, 0.15) is 5.82 Å². The van der Waals surface area contributed by atoms with Crippen LogP contribution in [0.2, 0.25) is 5.02 Å². The fourth-order valence-electron chi connectivity index (χ4n) is 2.52. The van der Waals surface area contributed by atoms with Gasteiger partial charge >= 0.3 is 6.03 Å². The summed E-state index contributed by atoms with van der Waals surface area (Å²) in [4.78, 5) is 13.8. The van der Waals surface area contributed by atoms with Gasteiger partial charge in [-0.25, -0.2) is 9.18 Å². The van der Waals surface area contributed by atoms with Gasteiger partial charge < -0.3 is 15.3 Å². The lowest BCUT2D eigenvalue weighted by Crippen LogP contribution is -2.49. The van der Waals surface area contributed by atoms with E-state index in [0.29, 0.717) is 6.54 Å². The number of carbonyl (C=O) groups is 1. The Labute approximate surface area is 122 Å². The average Bonchev–Trinajstić information content (AvgIpc) is 2.82. The van der Waals surface area contributed by atoms with Crippen molar-refractivity contribution in [2.45, 2.75) is 38.3 Å². The van der Waals surface area contributed by atoms with E-state index in [9.17, 15) is 14.3 Å². The van der Waals surface area contributed by atoms with Crippen molar-refractivity contribution in [3.8, 4) is 0 Å². The predicted octanol–water partition coefficient (Wildman–Crippen LogP) is 3.25. The molecule has 1 heterocycles. The maximum atomic E-state index is 13.2. The third kappa shape index (κ3) is 3.22. The number of benzene rings is 1. The van der Waals surface area contributed by atoms with Crippen molar-refractivity contribution in [3.05, 3.63) is 29.0 Å². The highest BCUT2D eigenvalue weighted by atomic mass is 35.5. The van der Waals surface area contributed by atoms with E-state index in [1.54, 1.807) is 18.7 Å². The molecule has 0 aromatic heterocycles. The van der Waals surface area contributed by atoms with Crippen LogP contribution in [-0.4, -0.2) is 34.2 Å². The van der Waals surface area contributed by atoms with Crippen LogP contribution in [0.5, 0.6) is 0 Å². The normalized spacial score (nSPS) is 19.2. The number of anilines is 1. The van der Waals surface area contributed by atoms with Crippen LogP contribution in [0.1, 0.15) is 26.7 Å². The Hall–Kier alpha value is -1.33. The second kappa shape index (κ2) is 5.58. The van der Waals surface area contributed by atoms with Crippen LogP contribution < -0.4 is 5.32 Å². The summed E-state index contributed by atoms with van der Waals surface area (Å²) in [5.74, 6) is -0.467. The number of hydrogen-bond donors (Lipinski definition) is 2. The second-order valence-electron chi connectivity index (χ2n) is 5.56. The highest BCUT2D eigenvalue weighted by Crippen LogP contribution is 2.28. The fourth-order valence-corrected chi connectivity index (χ4v) is 2.69. The molecule has 2 N–H and O–H groups in total. The summed E-state index contributed by atoms with van der Waals surface area (Å²) in [5, 5.41) is 13.0. The van der Waals surface area contributed by atoms with Gasteiger partial charge in [-0.05, 0) is 44.9 Å². The molecule has 1 aromatic carbocycles. The van der Waals surface area contributed by atoms with Crippen LogP contribution in [0.25, 0.3) is 0 Å². The van der Waals surface area contributed by atoms with Gasteiger partial charge in [-0.2, -0.15) is 0 Å². The van der Waals surface area contributed by atoms with Gasteiger partial charge in [0.15, 0.2) is 0 Å². The van der Waals surface area contributed by atoms with Crippen LogP contribution in [0.4, 0.5) is 14.9 Å². The Morgan fingerprint density at radius 1 is 1.55 bits per heavy atom. The van der Waals surface area contributed by atoms with Crippen molar-refractivity contribution in [3.63, 3.8) is 0 Å². The molecule has 1 atom stereocenters. The number of hydrogen-bond acceptors (Lipinski definition) is 2. The molecule has 1 saturated heterocycles. The highest BCUT2D eigenvalue weighted by molar-refractivity contribution is 6.33. The first-order valence-corrected chi connectivity index (χ1v) is 6.92. The first-order chi connectivity index (χ1) is 9.29. The molecule has 1 aliphatic rings. The molecular weight excluding hydrogens is 283 g/mol. The van der Waals surface area contributed by atoms with Gasteiger partial charge in [-0.15, -0.1) is 0 Å². The van der Waals surface area contributed by atoms with Gasteiger partial charge in [0.2, 0.25) is 0 Å². The van der Waals surface area contributed by atoms with Crippen LogP contribution >= 0.6 is 11.6 Å². The van der Waals surface area contributed by atoms with E-state index in [2.05, 4.69) is 5.32 Å². The molecule has 6 heteroatoms. The smallest absolute Gasteiger partial charge is 0.322 e. The lowest BCUT2D eigenvalue weighted by atomic mass is 9.97. The molecular formula is C14H18ClFN2O2. The van der Waals surface area contributed by atoms with E-state index in [1.165, 1.54) is 18.2 Å². The zero-order chi connectivity index (χ0) is 14.9. The van der Waals surface area contributed by atoms with Gasteiger partial charge in [-0.1, -0.05) is 11.6 Å². The molecule has 1 aliphatic heterocycles. The molecule has 0 bridgehead atoms. The van der Waals surface area contributed by atoms with E-state index in [0.717, 1.165) is 12.8 Å². The molecule has 1 unspecified atom stereocenters. The van der Waals surface area contributed by atoms with Gasteiger partial charge in [0, 0.05) is 6.54 Å². The third-order valence-corrected chi connectivity index (χ3v) is 3.83. The monoisotopic (exact) mass is 300 g/mol.